The maximum Gasteiger partial charge on any atom is 0.240 e. The van der Waals surface area contributed by atoms with Crippen molar-refractivity contribution < 1.29 is 38.4 Å². The zero-order chi connectivity index (χ0) is 66.2. The summed E-state index contributed by atoms with van der Waals surface area (Å²) in [7, 11) is 0. The number of nitrogens with zero attached hydrogens (tertiary/aromatic N) is 7. The summed E-state index contributed by atoms with van der Waals surface area (Å²) in [5.74, 6) is -2.45. The third-order valence-electron chi connectivity index (χ3n) is 11.1. The van der Waals surface area contributed by atoms with E-state index in [4.69, 9.17) is 34.1 Å². The van der Waals surface area contributed by atoms with Gasteiger partial charge in [-0.05, 0) is 60.5 Å². The molecule has 14 rings (SSSR count). The minimum atomic E-state index is -0.894. The first-order valence-electron chi connectivity index (χ1n) is 33.3. The molecule has 0 amide bonds. The Bertz CT molecular complexity index is 5480. The van der Waals surface area contributed by atoms with E-state index in [1.165, 1.54) is 22.8 Å². The van der Waals surface area contributed by atoms with E-state index in [0.717, 1.165) is 13.7 Å². The highest BCUT2D eigenvalue weighted by Crippen LogP contribution is 2.42. The van der Waals surface area contributed by atoms with Gasteiger partial charge in [0.15, 0.2) is 5.82 Å². The molecule has 9 aromatic carbocycles. The second-order valence-corrected chi connectivity index (χ2v) is 14.4. The van der Waals surface area contributed by atoms with Crippen LogP contribution in [0.2, 0.25) is 0 Å². The highest BCUT2D eigenvalue weighted by molar-refractivity contribution is 6.13. The molecule has 0 spiro atoms. The Kier molecular flexibility index (Phi) is 3.65. The van der Waals surface area contributed by atoms with E-state index in [9.17, 15) is 19.2 Å². The molecule has 0 saturated heterocycles. The van der Waals surface area contributed by atoms with E-state index in [2.05, 4.69) is 0 Å². The molecule has 14 aromatic rings. The van der Waals surface area contributed by atoms with Crippen LogP contribution in [-0.4, -0.2) is 33.2 Å². The fourth-order valence-electron chi connectivity index (χ4n) is 8.62. The molecular formula is C57H35N7. The molecule has 0 atom stereocenters. The third-order valence-corrected chi connectivity index (χ3v) is 11.1. The summed E-state index contributed by atoms with van der Waals surface area (Å²) >= 11 is 0. The average molecular weight is 846 g/mol. The van der Waals surface area contributed by atoms with Gasteiger partial charge in [0.25, 0.3) is 0 Å². The summed E-state index contributed by atoms with van der Waals surface area (Å²) in [5.41, 5.74) is -4.36. The summed E-state index contributed by atoms with van der Waals surface area (Å²) in [4.78, 5) is 14.9. The van der Waals surface area contributed by atoms with Gasteiger partial charge in [0, 0.05) is 43.1 Å². The molecule has 0 radical (unpaired) electrons. The molecule has 0 saturated carbocycles. The van der Waals surface area contributed by atoms with Gasteiger partial charge in [-0.2, -0.15) is 15.0 Å². The first-order valence-corrected chi connectivity index (χ1v) is 19.3. The summed E-state index contributed by atoms with van der Waals surface area (Å²) in [6, 6.07) is -12.1. The first-order chi connectivity index (χ1) is 43.4. The summed E-state index contributed by atoms with van der Waals surface area (Å²) in [5, 5.41) is -2.61. The van der Waals surface area contributed by atoms with Crippen molar-refractivity contribution >= 4 is 87.2 Å². The minimum Gasteiger partial charge on any atom is -0.308 e. The van der Waals surface area contributed by atoms with Gasteiger partial charge >= 0.3 is 0 Å². The van der Waals surface area contributed by atoms with Crippen molar-refractivity contribution in [1.82, 2.24) is 33.2 Å². The van der Waals surface area contributed by atoms with Crippen molar-refractivity contribution in [3.05, 3.63) is 212 Å². The predicted octanol–water partition coefficient (Wildman–Crippen LogP) is 13.9. The van der Waals surface area contributed by atoms with Crippen LogP contribution in [0.4, 0.5) is 0 Å². The summed E-state index contributed by atoms with van der Waals surface area (Å²) in [6.45, 7) is 0. The van der Waals surface area contributed by atoms with Gasteiger partial charge in [-0.15, -0.1) is 0 Å². The number of benzene rings is 9. The van der Waals surface area contributed by atoms with Gasteiger partial charge in [-0.3, -0.25) is 9.13 Å². The lowest BCUT2D eigenvalue weighted by molar-refractivity contribution is 0.890. The van der Waals surface area contributed by atoms with Crippen LogP contribution in [-0.2, 0) is 0 Å². The zero-order valence-electron chi connectivity index (χ0n) is 60.2. The number of hydrogen-bond donors (Lipinski definition) is 0. The van der Waals surface area contributed by atoms with E-state index >= 15 is 0 Å². The molecule has 298 valence electrons. The molecule has 5 heterocycles. The van der Waals surface area contributed by atoms with Crippen LogP contribution in [0.25, 0.3) is 122 Å². The highest BCUT2D eigenvalue weighted by atomic mass is 15.3. The zero-order valence-corrected chi connectivity index (χ0v) is 32.2. The molecular weight excluding hydrogens is 783 g/mol. The van der Waals surface area contributed by atoms with E-state index in [1.807, 2.05) is 0 Å². The molecule has 0 aliphatic rings. The minimum absolute atomic E-state index is 0.0397. The average Bonchev–Trinajstić information content (AvgIpc) is 1.55. The fraction of sp³-hybridized carbons (Fsp3) is 0. The van der Waals surface area contributed by atoms with Crippen LogP contribution in [0, 0.1) is 0 Å². The largest absolute Gasteiger partial charge is 0.308 e. The number of aromatic nitrogens is 7. The molecule has 5 aromatic heterocycles. The molecule has 0 unspecified atom stereocenters. The van der Waals surface area contributed by atoms with Crippen LogP contribution < -0.4 is 0 Å². The van der Waals surface area contributed by atoms with Gasteiger partial charge in [-0.1, -0.05) is 151 Å². The van der Waals surface area contributed by atoms with E-state index in [1.54, 1.807) is 24.3 Å². The Balaban J connectivity index is 1.32. The quantitative estimate of drug-likeness (QED) is 0.173. The lowest BCUT2D eigenvalue weighted by atomic mass is 10.1. The van der Waals surface area contributed by atoms with Crippen LogP contribution in [0.3, 0.4) is 0 Å². The predicted molar refractivity (Wildman–Crippen MR) is 263 cm³/mol. The van der Waals surface area contributed by atoms with Crippen LogP contribution in [0.15, 0.2) is 212 Å². The van der Waals surface area contributed by atoms with E-state index in [0.29, 0.717) is 0 Å². The van der Waals surface area contributed by atoms with Crippen molar-refractivity contribution in [2.45, 2.75) is 0 Å². The lowest BCUT2D eigenvalue weighted by Crippen LogP contribution is -2.12. The molecule has 7 nitrogen and oxygen atoms in total. The lowest BCUT2D eigenvalue weighted by Gasteiger charge is -2.20. The summed E-state index contributed by atoms with van der Waals surface area (Å²) < 4.78 is 261. The van der Waals surface area contributed by atoms with Crippen molar-refractivity contribution in [3.63, 3.8) is 0 Å². The molecule has 64 heavy (non-hydrogen) atoms. The Morgan fingerprint density at radius 3 is 0.984 bits per heavy atom. The van der Waals surface area contributed by atoms with Crippen LogP contribution in [0.1, 0.15) is 38.4 Å². The first kappa shape index (κ1) is 17.5. The van der Waals surface area contributed by atoms with Crippen molar-refractivity contribution in [2.75, 3.05) is 0 Å². The Labute approximate surface area is 405 Å². The van der Waals surface area contributed by atoms with Gasteiger partial charge in [0.2, 0.25) is 11.9 Å². The molecule has 0 N–H and O–H groups in total. The second kappa shape index (κ2) is 13.3. The normalized spacial score (nSPS) is 18.2. The molecule has 0 bridgehead atoms. The number of para-hydroxylation sites is 8. The van der Waals surface area contributed by atoms with Crippen molar-refractivity contribution in [1.29, 1.82) is 0 Å². The van der Waals surface area contributed by atoms with Gasteiger partial charge in [-0.25, -0.2) is 0 Å². The molecule has 0 fully saturated rings. The standard InChI is InChI=1S/C57H35N7/c1-9-26-44-36(18-1)37-19-2-10-27-45(37)61(44)52-34-17-35-53(62-46-28-11-3-20-38(46)39-21-4-12-29-47(39)62)54(52)55-58-56(63-48-30-13-5-22-40(48)41-23-6-14-31-49(41)63)60-57(59-55)64-50-32-15-7-24-42(50)43-25-8-16-33-51(43)64/h1-35H/i1D,2D,3D,5D,6D,7D,8D,9D,10D,11D,13D,14D,15D,16D,18D,19D,20D,22D,23D,24D,25D,26D,27D,28D,30D,31D,32D,33D. The molecule has 0 aliphatic heterocycles. The maximum atomic E-state index is 9.61. The van der Waals surface area contributed by atoms with Crippen LogP contribution in [0.5, 0.6) is 0 Å². The topological polar surface area (TPSA) is 58.4 Å². The van der Waals surface area contributed by atoms with Gasteiger partial charge in [0.05, 0.1) is 99.5 Å². The third kappa shape index (κ3) is 4.83. The van der Waals surface area contributed by atoms with Crippen molar-refractivity contribution in [2.24, 2.45) is 0 Å². The van der Waals surface area contributed by atoms with Gasteiger partial charge < -0.3 is 9.13 Å². The number of fused-ring (bicyclic) bond motifs is 12. The summed E-state index contributed by atoms with van der Waals surface area (Å²) in [6.07, 6.45) is 0. The highest BCUT2D eigenvalue weighted by Gasteiger charge is 2.26. The monoisotopic (exact) mass is 845 g/mol. The van der Waals surface area contributed by atoms with E-state index in [-0.39, 0.29) is 33.2 Å². The van der Waals surface area contributed by atoms with Gasteiger partial charge in [0.1, 0.15) is 0 Å². The SMILES string of the molecule is [2H]c1c([2H])c([2H])c2c(c1[2H])c1ccccc1n2-c1cccc(-n2c3c([2H])c([2H])c([2H])c([2H])c3c3c([2H])c([2H])c([2H])c([2H])c32)c1-c1nc(-n2c3c([2H])c([2H])c([2H])c([2H])c3c3c([2H])c([2H])c([2H])c([2H])c32)nc(-n2c3c([2H])c([2H])c([2H])c([2H])c3c3c([2H])c([2H])c([2H])c([2H])c32)n1. The second-order valence-electron chi connectivity index (χ2n) is 14.4. The number of rotatable bonds is 5. The fourth-order valence-corrected chi connectivity index (χ4v) is 8.62. The Hall–Kier alpha value is -8.81. The maximum absolute atomic E-state index is 9.61. The molecule has 0 aliphatic carbocycles. The smallest absolute Gasteiger partial charge is 0.240 e. The van der Waals surface area contributed by atoms with Crippen molar-refractivity contribution in [3.8, 4) is 34.7 Å². The number of hydrogen-bond acceptors (Lipinski definition) is 3. The van der Waals surface area contributed by atoms with Crippen LogP contribution >= 0.6 is 0 Å². The van der Waals surface area contributed by atoms with E-state index < -0.39 is 258 Å². The Morgan fingerprint density at radius 2 is 0.594 bits per heavy atom. The Morgan fingerprint density at radius 1 is 0.281 bits per heavy atom. The molecule has 7 heteroatoms.